The lowest BCUT2D eigenvalue weighted by molar-refractivity contribution is -0.123. The van der Waals surface area contributed by atoms with Crippen molar-refractivity contribution < 1.29 is 13.2 Å². The lowest BCUT2D eigenvalue weighted by atomic mass is 9.94. The van der Waals surface area contributed by atoms with Crippen molar-refractivity contribution in [3.05, 3.63) is 17.5 Å². The fourth-order valence-corrected chi connectivity index (χ4v) is 5.41. The average molecular weight is 384 g/mol. The van der Waals surface area contributed by atoms with Crippen LogP contribution in [0.25, 0.3) is 0 Å². The molecule has 1 fully saturated rings. The van der Waals surface area contributed by atoms with Crippen molar-refractivity contribution in [3.8, 4) is 12.3 Å². The Hall–Kier alpha value is -1.40. The number of thiophene rings is 1. The van der Waals surface area contributed by atoms with Crippen molar-refractivity contribution in [2.45, 2.75) is 36.4 Å². The Labute approximate surface area is 154 Å². The van der Waals surface area contributed by atoms with Crippen molar-refractivity contribution in [2.24, 2.45) is 0 Å². The fraction of sp³-hybridized carbons (Fsp3) is 0.588. The number of amides is 1. The van der Waals surface area contributed by atoms with E-state index in [1.807, 2.05) is 18.7 Å². The van der Waals surface area contributed by atoms with E-state index < -0.39 is 15.6 Å². The molecule has 0 atom stereocenters. The molecule has 0 unspecified atom stereocenters. The van der Waals surface area contributed by atoms with Crippen LogP contribution in [-0.2, 0) is 14.8 Å². The lowest BCUT2D eigenvalue weighted by Gasteiger charge is -2.34. The summed E-state index contributed by atoms with van der Waals surface area (Å²) in [6.07, 6.45) is 6.93. The number of sulfonamides is 1. The molecule has 6 nitrogen and oxygen atoms in total. The smallest absolute Gasteiger partial charge is 0.252 e. The molecular formula is C17H25N3O3S2. The van der Waals surface area contributed by atoms with Gasteiger partial charge in [0, 0.05) is 26.2 Å². The Bertz CT molecular complexity index is 711. The van der Waals surface area contributed by atoms with E-state index in [9.17, 15) is 13.2 Å². The van der Waals surface area contributed by atoms with Crippen LogP contribution in [0.5, 0.6) is 0 Å². The summed E-state index contributed by atoms with van der Waals surface area (Å²) in [4.78, 5) is 14.3. The van der Waals surface area contributed by atoms with Gasteiger partial charge < -0.3 is 5.32 Å². The molecule has 0 aliphatic carbocycles. The van der Waals surface area contributed by atoms with Crippen LogP contribution in [0.3, 0.4) is 0 Å². The normalized spacial score (nSPS) is 17.2. The van der Waals surface area contributed by atoms with Crippen LogP contribution < -0.4 is 5.32 Å². The van der Waals surface area contributed by atoms with Crippen LogP contribution in [0.1, 0.15) is 26.7 Å². The van der Waals surface area contributed by atoms with Crippen LogP contribution in [0.2, 0.25) is 0 Å². The van der Waals surface area contributed by atoms with Crippen LogP contribution in [0, 0.1) is 12.3 Å². The minimum atomic E-state index is -3.41. The summed E-state index contributed by atoms with van der Waals surface area (Å²) >= 11 is 1.22. The summed E-state index contributed by atoms with van der Waals surface area (Å²) in [5, 5.41) is 4.70. The SMILES string of the molecule is C#CC(CC)(CC)NC(=O)CN1CCN(S(=O)(=O)c2cccs2)CC1. The molecule has 1 saturated heterocycles. The van der Waals surface area contributed by atoms with Crippen molar-refractivity contribution in [1.29, 1.82) is 0 Å². The standard InChI is InChI=1S/C17H25N3O3S2/c1-4-17(5-2,6-3)18-15(21)14-19-9-11-20(12-10-19)25(22,23)16-8-7-13-24-16/h1,7-8,13H,5-6,9-12,14H2,2-3H3,(H,18,21). The first-order valence-electron chi connectivity index (χ1n) is 8.41. The molecule has 0 spiro atoms. The first-order chi connectivity index (χ1) is 11.9. The van der Waals surface area contributed by atoms with Gasteiger partial charge in [-0.3, -0.25) is 9.69 Å². The maximum atomic E-state index is 12.5. The van der Waals surface area contributed by atoms with Gasteiger partial charge in [0.2, 0.25) is 5.91 Å². The molecule has 2 heterocycles. The summed E-state index contributed by atoms with van der Waals surface area (Å²) in [7, 11) is -3.41. The molecule has 0 bridgehead atoms. The quantitative estimate of drug-likeness (QED) is 0.722. The van der Waals surface area contributed by atoms with Gasteiger partial charge in [0.05, 0.1) is 6.54 Å². The maximum absolute atomic E-state index is 12.5. The van der Waals surface area contributed by atoms with Crippen molar-refractivity contribution in [2.75, 3.05) is 32.7 Å². The molecule has 1 aliphatic heterocycles. The van der Waals surface area contributed by atoms with E-state index in [2.05, 4.69) is 11.2 Å². The van der Waals surface area contributed by atoms with Crippen LogP contribution in [0.15, 0.2) is 21.7 Å². The average Bonchev–Trinajstić information content (AvgIpc) is 3.16. The first kappa shape index (κ1) is 19.9. The highest BCUT2D eigenvalue weighted by atomic mass is 32.2. The third-order valence-electron chi connectivity index (χ3n) is 4.65. The van der Waals surface area contributed by atoms with Crippen LogP contribution in [-0.4, -0.2) is 61.8 Å². The molecule has 138 valence electrons. The Balaban J connectivity index is 1.89. The number of nitrogens with zero attached hydrogens (tertiary/aromatic N) is 2. The van der Waals surface area contributed by atoms with Gasteiger partial charge in [0.1, 0.15) is 9.75 Å². The zero-order valence-electron chi connectivity index (χ0n) is 14.7. The number of rotatable bonds is 7. The molecule has 2 rings (SSSR count). The molecule has 8 heteroatoms. The molecule has 1 amide bonds. The van der Waals surface area contributed by atoms with E-state index in [4.69, 9.17) is 6.42 Å². The molecule has 1 aliphatic rings. The fourth-order valence-electron chi connectivity index (χ4n) is 2.84. The maximum Gasteiger partial charge on any atom is 0.252 e. The summed E-state index contributed by atoms with van der Waals surface area (Å²) in [6, 6.07) is 3.35. The molecule has 1 aromatic rings. The van der Waals surface area contributed by atoms with Gasteiger partial charge in [0.25, 0.3) is 10.0 Å². The van der Waals surface area contributed by atoms with E-state index in [0.29, 0.717) is 43.2 Å². The number of carbonyl (C=O) groups excluding carboxylic acids is 1. The van der Waals surface area contributed by atoms with Crippen LogP contribution >= 0.6 is 11.3 Å². The molecule has 0 radical (unpaired) electrons. The minimum absolute atomic E-state index is 0.115. The van der Waals surface area contributed by atoms with E-state index in [0.717, 1.165) is 0 Å². The predicted octanol–water partition coefficient (Wildman–Crippen LogP) is 1.36. The van der Waals surface area contributed by atoms with Gasteiger partial charge in [-0.1, -0.05) is 25.8 Å². The monoisotopic (exact) mass is 383 g/mol. The topological polar surface area (TPSA) is 69.7 Å². The van der Waals surface area contributed by atoms with Gasteiger partial charge in [0.15, 0.2) is 0 Å². The van der Waals surface area contributed by atoms with Gasteiger partial charge in [-0.05, 0) is 24.3 Å². The van der Waals surface area contributed by atoms with E-state index in [-0.39, 0.29) is 12.5 Å². The van der Waals surface area contributed by atoms with Crippen molar-refractivity contribution in [1.82, 2.24) is 14.5 Å². The van der Waals surface area contributed by atoms with Crippen molar-refractivity contribution >= 4 is 27.3 Å². The molecule has 0 aromatic carbocycles. The van der Waals surface area contributed by atoms with Gasteiger partial charge in [-0.15, -0.1) is 17.8 Å². The Morgan fingerprint density at radius 3 is 2.44 bits per heavy atom. The summed E-state index contributed by atoms with van der Waals surface area (Å²) < 4.78 is 26.8. The van der Waals surface area contributed by atoms with E-state index in [1.165, 1.54) is 15.6 Å². The number of hydrogen-bond donors (Lipinski definition) is 1. The number of piperazine rings is 1. The van der Waals surface area contributed by atoms with Gasteiger partial charge in [-0.25, -0.2) is 8.42 Å². The second-order valence-corrected chi connectivity index (χ2v) is 9.21. The Morgan fingerprint density at radius 1 is 1.32 bits per heavy atom. The van der Waals surface area contributed by atoms with Gasteiger partial charge in [-0.2, -0.15) is 4.31 Å². The lowest BCUT2D eigenvalue weighted by Crippen LogP contribution is -2.54. The third-order valence-corrected chi connectivity index (χ3v) is 7.92. The molecule has 25 heavy (non-hydrogen) atoms. The highest BCUT2D eigenvalue weighted by Gasteiger charge is 2.31. The first-order valence-corrected chi connectivity index (χ1v) is 10.7. The van der Waals surface area contributed by atoms with E-state index in [1.54, 1.807) is 17.5 Å². The van der Waals surface area contributed by atoms with Gasteiger partial charge >= 0.3 is 0 Å². The number of nitrogens with one attached hydrogen (secondary N) is 1. The summed E-state index contributed by atoms with van der Waals surface area (Å²) in [5.74, 6) is 2.57. The third kappa shape index (κ3) is 4.61. The van der Waals surface area contributed by atoms with Crippen LogP contribution in [0.4, 0.5) is 0 Å². The highest BCUT2D eigenvalue weighted by Crippen LogP contribution is 2.22. The number of terminal acetylenes is 1. The molecule has 1 N–H and O–H groups in total. The second-order valence-electron chi connectivity index (χ2n) is 6.09. The second kappa shape index (κ2) is 8.32. The van der Waals surface area contributed by atoms with E-state index >= 15 is 0 Å². The summed E-state index contributed by atoms with van der Waals surface area (Å²) in [6.45, 7) is 5.97. The summed E-state index contributed by atoms with van der Waals surface area (Å²) in [5.41, 5.74) is -0.596. The number of carbonyl (C=O) groups is 1. The zero-order chi connectivity index (χ0) is 18.5. The molecule has 0 saturated carbocycles. The van der Waals surface area contributed by atoms with Crippen molar-refractivity contribution in [3.63, 3.8) is 0 Å². The highest BCUT2D eigenvalue weighted by molar-refractivity contribution is 7.91. The molecule has 1 aromatic heterocycles. The largest absolute Gasteiger partial charge is 0.339 e. The molecular weight excluding hydrogens is 358 g/mol. The minimum Gasteiger partial charge on any atom is -0.339 e. The predicted molar refractivity (Wildman–Crippen MR) is 99.8 cm³/mol. The zero-order valence-corrected chi connectivity index (χ0v) is 16.3. The number of hydrogen-bond acceptors (Lipinski definition) is 5. The Morgan fingerprint density at radius 2 is 1.96 bits per heavy atom. The Kier molecular flexibility index (Phi) is 6.63.